The summed E-state index contributed by atoms with van der Waals surface area (Å²) in [6.45, 7) is 6.97. The molecule has 0 heterocycles. The molecule has 0 aliphatic rings. The van der Waals surface area contributed by atoms with E-state index in [-0.39, 0.29) is 6.04 Å². The number of rotatable bonds is 7. The molecule has 0 radical (unpaired) electrons. The monoisotopic (exact) mass is 251 g/mol. The summed E-state index contributed by atoms with van der Waals surface area (Å²) >= 11 is 0. The minimum absolute atomic E-state index is 0.155. The highest BCUT2D eigenvalue weighted by molar-refractivity contribution is 5.47. The van der Waals surface area contributed by atoms with Crippen LogP contribution in [0.4, 0.5) is 0 Å². The Morgan fingerprint density at radius 3 is 2.33 bits per heavy atom. The summed E-state index contributed by atoms with van der Waals surface area (Å²) in [6, 6.07) is 4.31. The summed E-state index contributed by atoms with van der Waals surface area (Å²) < 4.78 is 11.1. The minimum atomic E-state index is 0.155. The van der Waals surface area contributed by atoms with Gasteiger partial charge in [-0.3, -0.25) is 0 Å². The Labute approximate surface area is 110 Å². The summed E-state index contributed by atoms with van der Waals surface area (Å²) in [5.74, 6) is 1.64. The van der Waals surface area contributed by atoms with Crippen molar-refractivity contribution >= 4 is 0 Å². The standard InChI is InChI=1S/C15H25NO2/c1-5-7-18-15-10-13(8-11(3)16)12(6-2)9-14(15)17-4/h9-11H,5-8,16H2,1-4H3. The van der Waals surface area contributed by atoms with Crippen LogP contribution in [-0.2, 0) is 12.8 Å². The van der Waals surface area contributed by atoms with Crippen LogP contribution in [0.15, 0.2) is 12.1 Å². The molecule has 1 aromatic carbocycles. The van der Waals surface area contributed by atoms with E-state index in [1.54, 1.807) is 7.11 Å². The quantitative estimate of drug-likeness (QED) is 0.810. The number of methoxy groups -OCH3 is 1. The molecule has 1 unspecified atom stereocenters. The summed E-state index contributed by atoms with van der Waals surface area (Å²) in [6.07, 6.45) is 2.84. The molecule has 0 aliphatic carbocycles. The minimum Gasteiger partial charge on any atom is -0.493 e. The highest BCUT2D eigenvalue weighted by atomic mass is 16.5. The van der Waals surface area contributed by atoms with Crippen LogP contribution in [0.5, 0.6) is 11.5 Å². The van der Waals surface area contributed by atoms with Crippen LogP contribution >= 0.6 is 0 Å². The maximum absolute atomic E-state index is 5.90. The third kappa shape index (κ3) is 3.91. The molecule has 1 atom stereocenters. The molecular weight excluding hydrogens is 226 g/mol. The molecule has 1 rings (SSSR count). The first-order valence-corrected chi connectivity index (χ1v) is 6.70. The molecule has 0 aromatic heterocycles. The summed E-state index contributed by atoms with van der Waals surface area (Å²) in [5.41, 5.74) is 8.45. The zero-order valence-corrected chi connectivity index (χ0v) is 12.0. The predicted molar refractivity (Wildman–Crippen MR) is 75.5 cm³/mol. The van der Waals surface area contributed by atoms with Crippen molar-refractivity contribution in [1.29, 1.82) is 0 Å². The van der Waals surface area contributed by atoms with Gasteiger partial charge in [-0.05, 0) is 49.4 Å². The Kier molecular flexibility index (Phi) is 5.99. The fourth-order valence-electron chi connectivity index (χ4n) is 1.99. The molecule has 0 amide bonds. The molecule has 0 saturated carbocycles. The van der Waals surface area contributed by atoms with Gasteiger partial charge in [0.05, 0.1) is 13.7 Å². The zero-order valence-electron chi connectivity index (χ0n) is 12.0. The summed E-state index contributed by atoms with van der Waals surface area (Å²) in [4.78, 5) is 0. The van der Waals surface area contributed by atoms with Crippen LogP contribution < -0.4 is 15.2 Å². The van der Waals surface area contributed by atoms with Crippen LogP contribution in [-0.4, -0.2) is 19.8 Å². The molecule has 102 valence electrons. The lowest BCUT2D eigenvalue weighted by molar-refractivity contribution is 0.293. The number of ether oxygens (including phenoxy) is 2. The van der Waals surface area contributed by atoms with Crippen molar-refractivity contribution in [2.45, 2.75) is 46.1 Å². The number of benzene rings is 1. The second kappa shape index (κ2) is 7.27. The molecule has 18 heavy (non-hydrogen) atoms. The summed E-state index contributed by atoms with van der Waals surface area (Å²) in [5, 5.41) is 0. The third-order valence-electron chi connectivity index (χ3n) is 2.87. The average molecular weight is 251 g/mol. The van der Waals surface area contributed by atoms with Gasteiger partial charge in [0, 0.05) is 6.04 Å². The van der Waals surface area contributed by atoms with Gasteiger partial charge in [0.25, 0.3) is 0 Å². The lowest BCUT2D eigenvalue weighted by Gasteiger charge is -2.16. The van der Waals surface area contributed by atoms with Gasteiger partial charge >= 0.3 is 0 Å². The van der Waals surface area contributed by atoms with Gasteiger partial charge < -0.3 is 15.2 Å². The number of nitrogens with two attached hydrogens (primary N) is 1. The lowest BCUT2D eigenvalue weighted by Crippen LogP contribution is -2.18. The van der Waals surface area contributed by atoms with E-state index < -0.39 is 0 Å². The normalized spacial score (nSPS) is 12.3. The Morgan fingerprint density at radius 2 is 1.83 bits per heavy atom. The largest absolute Gasteiger partial charge is 0.493 e. The highest BCUT2D eigenvalue weighted by Crippen LogP contribution is 2.31. The van der Waals surface area contributed by atoms with Gasteiger partial charge in [0.2, 0.25) is 0 Å². The maximum atomic E-state index is 5.90. The van der Waals surface area contributed by atoms with E-state index in [0.29, 0.717) is 6.61 Å². The van der Waals surface area contributed by atoms with Crippen LogP contribution in [0, 0.1) is 0 Å². The van der Waals surface area contributed by atoms with E-state index in [9.17, 15) is 0 Å². The van der Waals surface area contributed by atoms with E-state index in [1.807, 2.05) is 6.92 Å². The van der Waals surface area contributed by atoms with Crippen LogP contribution in [0.25, 0.3) is 0 Å². The molecule has 1 aromatic rings. The number of hydrogen-bond acceptors (Lipinski definition) is 3. The third-order valence-corrected chi connectivity index (χ3v) is 2.87. The molecule has 3 heteroatoms. The van der Waals surface area contributed by atoms with Crippen molar-refractivity contribution < 1.29 is 9.47 Å². The first-order valence-electron chi connectivity index (χ1n) is 6.70. The van der Waals surface area contributed by atoms with E-state index in [1.165, 1.54) is 11.1 Å². The zero-order chi connectivity index (χ0) is 13.5. The number of aryl methyl sites for hydroxylation is 1. The first-order chi connectivity index (χ1) is 8.62. The van der Waals surface area contributed by atoms with Gasteiger partial charge in [0.15, 0.2) is 11.5 Å². The van der Waals surface area contributed by atoms with Crippen LogP contribution in [0.3, 0.4) is 0 Å². The second-order valence-electron chi connectivity index (χ2n) is 4.66. The van der Waals surface area contributed by atoms with Crippen molar-refractivity contribution in [2.75, 3.05) is 13.7 Å². The molecular formula is C15H25NO2. The van der Waals surface area contributed by atoms with E-state index in [0.717, 1.165) is 30.8 Å². The van der Waals surface area contributed by atoms with Crippen molar-refractivity contribution in [3.05, 3.63) is 23.3 Å². The second-order valence-corrected chi connectivity index (χ2v) is 4.66. The average Bonchev–Trinajstić information content (AvgIpc) is 2.35. The topological polar surface area (TPSA) is 44.5 Å². The van der Waals surface area contributed by atoms with Gasteiger partial charge in [-0.15, -0.1) is 0 Å². The fourth-order valence-corrected chi connectivity index (χ4v) is 1.99. The Balaban J connectivity index is 3.07. The van der Waals surface area contributed by atoms with Gasteiger partial charge in [-0.2, -0.15) is 0 Å². The summed E-state index contributed by atoms with van der Waals surface area (Å²) in [7, 11) is 1.68. The molecule has 0 fully saturated rings. The number of hydrogen-bond donors (Lipinski definition) is 1. The van der Waals surface area contributed by atoms with Crippen molar-refractivity contribution in [3.8, 4) is 11.5 Å². The van der Waals surface area contributed by atoms with Crippen LogP contribution in [0.2, 0.25) is 0 Å². The van der Waals surface area contributed by atoms with Crippen molar-refractivity contribution in [2.24, 2.45) is 5.73 Å². The Bertz CT molecular complexity index is 375. The van der Waals surface area contributed by atoms with Gasteiger partial charge in [-0.1, -0.05) is 13.8 Å². The molecule has 0 aliphatic heterocycles. The van der Waals surface area contributed by atoms with Gasteiger partial charge in [0.1, 0.15) is 0 Å². The van der Waals surface area contributed by atoms with E-state index in [4.69, 9.17) is 15.2 Å². The van der Waals surface area contributed by atoms with Gasteiger partial charge in [-0.25, -0.2) is 0 Å². The molecule has 3 nitrogen and oxygen atoms in total. The highest BCUT2D eigenvalue weighted by Gasteiger charge is 2.11. The predicted octanol–water partition coefficient (Wildman–Crippen LogP) is 2.94. The fraction of sp³-hybridized carbons (Fsp3) is 0.600. The SMILES string of the molecule is CCCOc1cc(CC(C)N)c(CC)cc1OC. The molecule has 0 bridgehead atoms. The van der Waals surface area contributed by atoms with Crippen molar-refractivity contribution in [1.82, 2.24) is 0 Å². The Hall–Kier alpha value is -1.22. The maximum Gasteiger partial charge on any atom is 0.161 e. The lowest BCUT2D eigenvalue weighted by atomic mass is 9.98. The smallest absolute Gasteiger partial charge is 0.161 e. The van der Waals surface area contributed by atoms with E-state index in [2.05, 4.69) is 26.0 Å². The van der Waals surface area contributed by atoms with E-state index >= 15 is 0 Å². The van der Waals surface area contributed by atoms with Crippen molar-refractivity contribution in [3.63, 3.8) is 0 Å². The van der Waals surface area contributed by atoms with Crippen LogP contribution in [0.1, 0.15) is 38.3 Å². The molecule has 2 N–H and O–H groups in total. The first kappa shape index (κ1) is 14.8. The molecule has 0 spiro atoms. The molecule has 0 saturated heterocycles. The Morgan fingerprint density at radius 1 is 1.17 bits per heavy atom.